The number of carbonyl (C=O) groups excluding carboxylic acids is 2. The lowest BCUT2D eigenvalue weighted by Gasteiger charge is -2.18. The van der Waals surface area contributed by atoms with E-state index in [1.165, 1.54) is 6.92 Å². The predicted octanol–water partition coefficient (Wildman–Crippen LogP) is 2.66. The van der Waals surface area contributed by atoms with Crippen LogP contribution in [0.4, 0.5) is 17.2 Å². The number of aromatic amines is 1. The Labute approximate surface area is 173 Å². The number of H-pyrrole nitrogens is 1. The molecule has 0 bridgehead atoms. The van der Waals surface area contributed by atoms with Crippen LogP contribution in [0.1, 0.15) is 13.3 Å². The van der Waals surface area contributed by atoms with E-state index in [-0.39, 0.29) is 17.9 Å². The van der Waals surface area contributed by atoms with E-state index in [1.807, 2.05) is 24.3 Å². The average molecular weight is 406 g/mol. The number of rotatable bonds is 6. The van der Waals surface area contributed by atoms with Gasteiger partial charge in [-0.25, -0.2) is 0 Å². The highest BCUT2D eigenvalue weighted by Crippen LogP contribution is 2.31. The predicted molar refractivity (Wildman–Crippen MR) is 113 cm³/mol. The first-order valence-corrected chi connectivity index (χ1v) is 9.55. The molecule has 4 rings (SSSR count). The Balaban J connectivity index is 1.50. The quantitative estimate of drug-likeness (QED) is 0.580. The number of nitrogens with zero attached hydrogens (tertiary/aromatic N) is 3. The number of ether oxygens (including phenoxy) is 1. The summed E-state index contributed by atoms with van der Waals surface area (Å²) in [6, 6.07) is 10.6. The first kappa shape index (κ1) is 19.4. The number of carbonyl (C=O) groups is 2. The van der Waals surface area contributed by atoms with Crippen LogP contribution in [0.25, 0.3) is 11.1 Å². The molecule has 1 saturated heterocycles. The van der Waals surface area contributed by atoms with Crippen molar-refractivity contribution < 1.29 is 14.3 Å². The third-order valence-corrected chi connectivity index (χ3v) is 4.85. The lowest BCUT2D eigenvalue weighted by atomic mass is 10.1. The number of hydrogen-bond donors (Lipinski definition) is 3. The molecule has 0 radical (unpaired) electrons. The van der Waals surface area contributed by atoms with Crippen molar-refractivity contribution in [2.75, 3.05) is 29.2 Å². The summed E-state index contributed by atoms with van der Waals surface area (Å²) in [7, 11) is 1.55. The third kappa shape index (κ3) is 3.95. The molecular formula is C21H22N6O3. The van der Waals surface area contributed by atoms with Gasteiger partial charge in [-0.3, -0.25) is 19.6 Å². The number of methoxy groups -OCH3 is 1. The Bertz CT molecular complexity index is 1070. The zero-order valence-electron chi connectivity index (χ0n) is 16.7. The van der Waals surface area contributed by atoms with Crippen molar-refractivity contribution in [2.24, 2.45) is 0 Å². The maximum Gasteiger partial charge on any atom is 0.250 e. The minimum absolute atomic E-state index is 0.0643. The second kappa shape index (κ2) is 8.24. The molecule has 9 heteroatoms. The fourth-order valence-electron chi connectivity index (χ4n) is 3.49. The Morgan fingerprint density at radius 3 is 2.83 bits per heavy atom. The summed E-state index contributed by atoms with van der Waals surface area (Å²) < 4.78 is 5.43. The van der Waals surface area contributed by atoms with Gasteiger partial charge in [0, 0.05) is 42.2 Å². The van der Waals surface area contributed by atoms with Gasteiger partial charge in [-0.1, -0.05) is 6.07 Å². The molecule has 3 aromatic rings. The number of aromatic nitrogens is 3. The van der Waals surface area contributed by atoms with E-state index in [0.29, 0.717) is 30.4 Å². The van der Waals surface area contributed by atoms with Gasteiger partial charge in [-0.15, -0.1) is 0 Å². The van der Waals surface area contributed by atoms with Gasteiger partial charge < -0.3 is 15.4 Å². The minimum Gasteiger partial charge on any atom is -0.480 e. The van der Waals surface area contributed by atoms with Crippen molar-refractivity contribution in [2.45, 2.75) is 19.4 Å². The maximum atomic E-state index is 13.0. The van der Waals surface area contributed by atoms with Crippen LogP contribution < -0.4 is 20.3 Å². The SMILES string of the molecule is COc1nc(N2CCC(Nc3cccc(NC(C)=O)c3)C2=O)ccc1-c1cn[nH]c1. The highest BCUT2D eigenvalue weighted by atomic mass is 16.5. The lowest BCUT2D eigenvalue weighted by molar-refractivity contribution is -0.117. The molecule has 1 aromatic carbocycles. The van der Waals surface area contributed by atoms with Crippen LogP contribution in [0, 0.1) is 0 Å². The normalized spacial score (nSPS) is 15.9. The van der Waals surface area contributed by atoms with Crippen molar-refractivity contribution in [3.63, 3.8) is 0 Å². The van der Waals surface area contributed by atoms with Crippen molar-refractivity contribution in [3.8, 4) is 17.0 Å². The molecule has 1 aliphatic heterocycles. The van der Waals surface area contributed by atoms with Crippen LogP contribution in [0.5, 0.6) is 5.88 Å². The monoisotopic (exact) mass is 406 g/mol. The van der Waals surface area contributed by atoms with Crippen LogP contribution in [0.15, 0.2) is 48.8 Å². The molecule has 9 nitrogen and oxygen atoms in total. The topological polar surface area (TPSA) is 112 Å². The molecule has 3 N–H and O–H groups in total. The fraction of sp³-hybridized carbons (Fsp3) is 0.238. The number of amides is 2. The Hall–Kier alpha value is -3.88. The second-order valence-electron chi connectivity index (χ2n) is 6.95. The number of nitrogens with one attached hydrogen (secondary N) is 3. The number of anilines is 3. The third-order valence-electron chi connectivity index (χ3n) is 4.85. The standard InChI is InChI=1S/C21H22N6O3/c1-13(28)24-15-4-3-5-16(10-15)25-18-8-9-27(21(18)29)19-7-6-17(20(26-19)30-2)14-11-22-23-12-14/h3-7,10-12,18,25H,8-9H2,1-2H3,(H,22,23)(H,24,28). The molecule has 1 unspecified atom stereocenters. The Morgan fingerprint density at radius 1 is 1.27 bits per heavy atom. The molecule has 3 heterocycles. The van der Waals surface area contributed by atoms with Crippen molar-refractivity contribution in [3.05, 3.63) is 48.8 Å². The van der Waals surface area contributed by atoms with Gasteiger partial charge >= 0.3 is 0 Å². The van der Waals surface area contributed by atoms with Crippen LogP contribution >= 0.6 is 0 Å². The Morgan fingerprint density at radius 2 is 2.10 bits per heavy atom. The maximum absolute atomic E-state index is 13.0. The molecule has 0 aliphatic carbocycles. The van der Waals surface area contributed by atoms with E-state index in [2.05, 4.69) is 25.8 Å². The van der Waals surface area contributed by atoms with Gasteiger partial charge in [0.2, 0.25) is 11.8 Å². The summed E-state index contributed by atoms with van der Waals surface area (Å²) in [5.41, 5.74) is 3.10. The molecule has 2 amide bonds. The van der Waals surface area contributed by atoms with Gasteiger partial charge in [-0.2, -0.15) is 10.1 Å². The van der Waals surface area contributed by atoms with E-state index >= 15 is 0 Å². The molecule has 1 fully saturated rings. The molecule has 0 spiro atoms. The average Bonchev–Trinajstić information content (AvgIpc) is 3.38. The second-order valence-corrected chi connectivity index (χ2v) is 6.95. The van der Waals surface area contributed by atoms with Crippen LogP contribution in [0.3, 0.4) is 0 Å². The largest absolute Gasteiger partial charge is 0.480 e. The zero-order valence-corrected chi connectivity index (χ0v) is 16.7. The zero-order chi connectivity index (χ0) is 21.1. The first-order chi connectivity index (χ1) is 14.5. The fourth-order valence-corrected chi connectivity index (χ4v) is 3.49. The van der Waals surface area contributed by atoms with Gasteiger partial charge in [-0.05, 0) is 36.8 Å². The van der Waals surface area contributed by atoms with Crippen molar-refractivity contribution in [1.82, 2.24) is 15.2 Å². The molecule has 0 saturated carbocycles. The minimum atomic E-state index is -0.376. The molecule has 1 atom stereocenters. The molecule has 30 heavy (non-hydrogen) atoms. The summed E-state index contributed by atoms with van der Waals surface area (Å²) >= 11 is 0. The first-order valence-electron chi connectivity index (χ1n) is 9.55. The smallest absolute Gasteiger partial charge is 0.250 e. The van der Waals surface area contributed by atoms with E-state index < -0.39 is 0 Å². The van der Waals surface area contributed by atoms with E-state index in [0.717, 1.165) is 16.8 Å². The van der Waals surface area contributed by atoms with Gasteiger partial charge in [0.1, 0.15) is 11.9 Å². The molecule has 1 aliphatic rings. The Kier molecular flexibility index (Phi) is 5.34. The van der Waals surface area contributed by atoms with Gasteiger partial charge in [0.05, 0.1) is 13.3 Å². The number of pyridine rings is 1. The van der Waals surface area contributed by atoms with Gasteiger partial charge in [0.25, 0.3) is 5.91 Å². The number of hydrogen-bond acceptors (Lipinski definition) is 6. The highest BCUT2D eigenvalue weighted by Gasteiger charge is 2.33. The van der Waals surface area contributed by atoms with Crippen molar-refractivity contribution >= 4 is 29.0 Å². The van der Waals surface area contributed by atoms with Crippen molar-refractivity contribution in [1.29, 1.82) is 0 Å². The van der Waals surface area contributed by atoms with Crippen LogP contribution in [-0.4, -0.2) is 46.7 Å². The molecular weight excluding hydrogens is 384 g/mol. The van der Waals surface area contributed by atoms with E-state index in [9.17, 15) is 9.59 Å². The molecule has 154 valence electrons. The molecule has 2 aromatic heterocycles. The summed E-state index contributed by atoms with van der Waals surface area (Å²) in [5, 5.41) is 12.7. The number of benzene rings is 1. The van der Waals surface area contributed by atoms with Crippen LogP contribution in [0.2, 0.25) is 0 Å². The van der Waals surface area contributed by atoms with E-state index in [1.54, 1.807) is 36.5 Å². The highest BCUT2D eigenvalue weighted by molar-refractivity contribution is 6.00. The summed E-state index contributed by atoms with van der Waals surface area (Å²) in [4.78, 5) is 30.4. The summed E-state index contributed by atoms with van der Waals surface area (Å²) in [5.74, 6) is 0.765. The van der Waals surface area contributed by atoms with E-state index in [4.69, 9.17) is 4.74 Å². The van der Waals surface area contributed by atoms with Gasteiger partial charge in [0.15, 0.2) is 0 Å². The van der Waals surface area contributed by atoms with Crippen LogP contribution in [-0.2, 0) is 9.59 Å². The lowest BCUT2D eigenvalue weighted by Crippen LogP contribution is -2.34. The summed E-state index contributed by atoms with van der Waals surface area (Å²) in [6.07, 6.45) is 4.08. The summed E-state index contributed by atoms with van der Waals surface area (Å²) in [6.45, 7) is 2.00.